The first-order chi connectivity index (χ1) is 8.17. The maximum absolute atomic E-state index is 10.1. The Balaban J connectivity index is 2.62. The predicted octanol–water partition coefficient (Wildman–Crippen LogP) is 4.19. The first kappa shape index (κ1) is 14.5. The van der Waals surface area contributed by atoms with Crippen molar-refractivity contribution in [3.63, 3.8) is 0 Å². The molecule has 1 aromatic carbocycles. The molecule has 17 heavy (non-hydrogen) atoms. The van der Waals surface area contributed by atoms with Gasteiger partial charge in [0.1, 0.15) is 0 Å². The number of hydrogen-bond donors (Lipinski definition) is 2. The van der Waals surface area contributed by atoms with Crippen molar-refractivity contribution in [3.8, 4) is 0 Å². The summed E-state index contributed by atoms with van der Waals surface area (Å²) in [5.41, 5.74) is 1.07. The minimum absolute atomic E-state index is 0.154. The Hall–Kier alpha value is -0.540. The highest BCUT2D eigenvalue weighted by Crippen LogP contribution is 2.18. The first-order valence-corrected chi connectivity index (χ1v) is 7.16. The molecule has 96 valence electrons. The van der Waals surface area contributed by atoms with E-state index in [0.717, 1.165) is 35.8 Å². The Morgan fingerprint density at radius 2 is 1.71 bits per heavy atom. The number of aliphatic hydroxyl groups is 1. The SMILES string of the molecule is CCCC(O)C(CCC)Nc1ccc(Br)cc1. The fourth-order valence-corrected chi connectivity index (χ4v) is 2.19. The summed E-state index contributed by atoms with van der Waals surface area (Å²) < 4.78 is 1.07. The van der Waals surface area contributed by atoms with Crippen LogP contribution in [-0.2, 0) is 0 Å². The molecule has 2 nitrogen and oxygen atoms in total. The van der Waals surface area contributed by atoms with Gasteiger partial charge in [-0.3, -0.25) is 0 Å². The number of benzene rings is 1. The summed E-state index contributed by atoms with van der Waals surface area (Å²) in [5.74, 6) is 0. The topological polar surface area (TPSA) is 32.3 Å². The molecule has 1 aromatic rings. The second-order valence-corrected chi connectivity index (χ2v) is 5.32. The van der Waals surface area contributed by atoms with Gasteiger partial charge in [-0.25, -0.2) is 0 Å². The smallest absolute Gasteiger partial charge is 0.0741 e. The summed E-state index contributed by atoms with van der Waals surface area (Å²) in [6, 6.07) is 8.24. The second kappa shape index (κ2) is 7.72. The maximum Gasteiger partial charge on any atom is 0.0741 e. The number of hydrogen-bond acceptors (Lipinski definition) is 2. The predicted molar refractivity (Wildman–Crippen MR) is 77.4 cm³/mol. The Bertz CT molecular complexity index is 313. The van der Waals surface area contributed by atoms with Crippen LogP contribution < -0.4 is 5.32 Å². The molecule has 2 unspecified atom stereocenters. The first-order valence-electron chi connectivity index (χ1n) is 6.37. The summed E-state index contributed by atoms with van der Waals surface area (Å²) in [5, 5.41) is 13.5. The minimum Gasteiger partial charge on any atom is -0.391 e. The van der Waals surface area contributed by atoms with Crippen LogP contribution in [0, 0.1) is 0 Å². The summed E-state index contributed by atoms with van der Waals surface area (Å²) in [6.45, 7) is 4.25. The largest absolute Gasteiger partial charge is 0.391 e. The number of halogens is 1. The van der Waals surface area contributed by atoms with Crippen molar-refractivity contribution in [2.24, 2.45) is 0 Å². The van der Waals surface area contributed by atoms with Crippen LogP contribution in [0.25, 0.3) is 0 Å². The monoisotopic (exact) mass is 299 g/mol. The highest BCUT2D eigenvalue weighted by molar-refractivity contribution is 9.10. The van der Waals surface area contributed by atoms with Gasteiger partial charge in [-0.05, 0) is 37.1 Å². The normalized spacial score (nSPS) is 14.4. The van der Waals surface area contributed by atoms with Gasteiger partial charge in [-0.15, -0.1) is 0 Å². The van der Waals surface area contributed by atoms with E-state index in [1.165, 1.54) is 0 Å². The lowest BCUT2D eigenvalue weighted by atomic mass is 10.0. The van der Waals surface area contributed by atoms with E-state index in [1.54, 1.807) is 0 Å². The van der Waals surface area contributed by atoms with E-state index in [1.807, 2.05) is 24.3 Å². The van der Waals surface area contributed by atoms with Crippen LogP contribution in [-0.4, -0.2) is 17.3 Å². The summed E-state index contributed by atoms with van der Waals surface area (Å²) >= 11 is 3.42. The van der Waals surface area contributed by atoms with Gasteiger partial charge in [0.15, 0.2) is 0 Å². The lowest BCUT2D eigenvalue weighted by molar-refractivity contribution is 0.137. The van der Waals surface area contributed by atoms with Gasteiger partial charge in [0.2, 0.25) is 0 Å². The number of rotatable bonds is 7. The average molecular weight is 300 g/mol. The average Bonchev–Trinajstić information content (AvgIpc) is 2.31. The molecule has 2 N–H and O–H groups in total. The van der Waals surface area contributed by atoms with Crippen LogP contribution in [0.1, 0.15) is 39.5 Å². The van der Waals surface area contributed by atoms with E-state index in [9.17, 15) is 5.11 Å². The Morgan fingerprint density at radius 3 is 2.24 bits per heavy atom. The van der Waals surface area contributed by atoms with Crippen LogP contribution in [0.3, 0.4) is 0 Å². The minimum atomic E-state index is -0.261. The van der Waals surface area contributed by atoms with Crippen molar-refractivity contribution in [1.82, 2.24) is 0 Å². The zero-order chi connectivity index (χ0) is 12.7. The molecule has 0 saturated carbocycles. The van der Waals surface area contributed by atoms with Crippen molar-refractivity contribution >= 4 is 21.6 Å². The van der Waals surface area contributed by atoms with E-state index in [0.29, 0.717) is 0 Å². The fraction of sp³-hybridized carbons (Fsp3) is 0.571. The molecule has 0 amide bonds. The van der Waals surface area contributed by atoms with Crippen LogP contribution >= 0.6 is 15.9 Å². The molecule has 3 heteroatoms. The standard InChI is InChI=1S/C14H22BrNO/c1-3-5-13(14(17)6-4-2)16-12-9-7-11(15)8-10-12/h7-10,13-14,16-17H,3-6H2,1-2H3. The summed E-state index contributed by atoms with van der Waals surface area (Å²) in [4.78, 5) is 0. The highest BCUT2D eigenvalue weighted by atomic mass is 79.9. The maximum atomic E-state index is 10.1. The second-order valence-electron chi connectivity index (χ2n) is 4.40. The fourth-order valence-electron chi connectivity index (χ4n) is 1.93. The lowest BCUT2D eigenvalue weighted by Gasteiger charge is -2.24. The third kappa shape index (κ3) is 5.09. The molecule has 0 radical (unpaired) electrons. The van der Waals surface area contributed by atoms with Gasteiger partial charge in [0.05, 0.1) is 12.1 Å². The van der Waals surface area contributed by atoms with Crippen LogP contribution in [0.5, 0.6) is 0 Å². The molecule has 0 aliphatic carbocycles. The van der Waals surface area contributed by atoms with Crippen LogP contribution in [0.4, 0.5) is 5.69 Å². The molecule has 0 fully saturated rings. The van der Waals surface area contributed by atoms with Crippen molar-refractivity contribution in [2.75, 3.05) is 5.32 Å². The van der Waals surface area contributed by atoms with E-state index in [-0.39, 0.29) is 12.1 Å². The van der Waals surface area contributed by atoms with E-state index >= 15 is 0 Å². The van der Waals surface area contributed by atoms with E-state index < -0.39 is 0 Å². The Labute approximate surface area is 113 Å². The van der Waals surface area contributed by atoms with Crippen LogP contribution in [0.2, 0.25) is 0 Å². The molecule has 0 saturated heterocycles. The quantitative estimate of drug-likeness (QED) is 0.791. The molecule has 2 atom stereocenters. The molecule has 0 aromatic heterocycles. The number of aliphatic hydroxyl groups excluding tert-OH is 1. The molecule has 0 aliphatic rings. The Morgan fingerprint density at radius 1 is 1.12 bits per heavy atom. The molecule has 0 heterocycles. The highest BCUT2D eigenvalue weighted by Gasteiger charge is 2.17. The molecule has 0 spiro atoms. The van der Waals surface area contributed by atoms with Gasteiger partial charge >= 0.3 is 0 Å². The van der Waals surface area contributed by atoms with Gasteiger partial charge in [0.25, 0.3) is 0 Å². The lowest BCUT2D eigenvalue weighted by Crippen LogP contribution is -2.33. The molecule has 1 rings (SSSR count). The van der Waals surface area contributed by atoms with Crippen molar-refractivity contribution in [1.29, 1.82) is 0 Å². The Kier molecular flexibility index (Phi) is 6.60. The van der Waals surface area contributed by atoms with Crippen molar-refractivity contribution in [3.05, 3.63) is 28.7 Å². The molecular formula is C14H22BrNO. The molecule has 0 bridgehead atoms. The third-order valence-corrected chi connectivity index (χ3v) is 3.37. The van der Waals surface area contributed by atoms with E-state index in [4.69, 9.17) is 0 Å². The van der Waals surface area contributed by atoms with E-state index in [2.05, 4.69) is 35.1 Å². The van der Waals surface area contributed by atoms with Gasteiger partial charge in [0, 0.05) is 10.2 Å². The summed E-state index contributed by atoms with van der Waals surface area (Å²) in [6.07, 6.45) is 3.69. The van der Waals surface area contributed by atoms with Crippen molar-refractivity contribution in [2.45, 2.75) is 51.7 Å². The third-order valence-electron chi connectivity index (χ3n) is 2.84. The van der Waals surface area contributed by atoms with Gasteiger partial charge < -0.3 is 10.4 Å². The number of anilines is 1. The number of nitrogens with one attached hydrogen (secondary N) is 1. The molecular weight excluding hydrogens is 278 g/mol. The zero-order valence-electron chi connectivity index (χ0n) is 10.6. The van der Waals surface area contributed by atoms with Crippen molar-refractivity contribution < 1.29 is 5.11 Å². The van der Waals surface area contributed by atoms with Crippen LogP contribution in [0.15, 0.2) is 28.7 Å². The zero-order valence-corrected chi connectivity index (χ0v) is 12.2. The summed E-state index contributed by atoms with van der Waals surface area (Å²) in [7, 11) is 0. The molecule has 0 aliphatic heterocycles. The van der Waals surface area contributed by atoms with Gasteiger partial charge in [-0.1, -0.05) is 42.6 Å². The van der Waals surface area contributed by atoms with Gasteiger partial charge in [-0.2, -0.15) is 0 Å².